The number of amides is 3. The number of hydrogen-bond acceptors (Lipinski definition) is 5. The van der Waals surface area contributed by atoms with Crippen LogP contribution in [-0.4, -0.2) is 54.5 Å². The number of carbonyl (C=O) groups is 3. The van der Waals surface area contributed by atoms with E-state index in [-0.39, 0.29) is 35.9 Å². The third-order valence-electron chi connectivity index (χ3n) is 5.70. The van der Waals surface area contributed by atoms with Gasteiger partial charge in [-0.25, -0.2) is 12.7 Å². The van der Waals surface area contributed by atoms with Gasteiger partial charge in [-0.1, -0.05) is 53.5 Å². The van der Waals surface area contributed by atoms with Crippen molar-refractivity contribution in [1.82, 2.24) is 14.5 Å². The summed E-state index contributed by atoms with van der Waals surface area (Å²) >= 11 is 3.38. The SMILES string of the molecule is CCCCNC(=O)C(C)N(Cc1ccc(Br)cc1)C(=O)CCN1C(=O)c2ccccc2S1(=O)=O. The molecule has 0 fully saturated rings. The summed E-state index contributed by atoms with van der Waals surface area (Å²) in [5, 5.41) is 2.84. The summed E-state index contributed by atoms with van der Waals surface area (Å²) in [6.45, 7) is 4.06. The molecule has 0 radical (unpaired) electrons. The van der Waals surface area contributed by atoms with Crippen LogP contribution in [0.4, 0.5) is 0 Å². The molecule has 0 saturated carbocycles. The normalized spacial score (nSPS) is 15.0. The molecule has 3 amide bonds. The molecular weight excluding hydrogens is 522 g/mol. The first-order chi connectivity index (χ1) is 16.2. The predicted molar refractivity (Wildman–Crippen MR) is 131 cm³/mol. The summed E-state index contributed by atoms with van der Waals surface area (Å²) < 4.78 is 27.2. The third kappa shape index (κ3) is 5.67. The van der Waals surface area contributed by atoms with Crippen molar-refractivity contribution in [2.24, 2.45) is 0 Å². The standard InChI is InChI=1S/C24H28BrN3O5S/c1-3-4-14-26-23(30)17(2)27(16-18-9-11-19(25)12-10-18)22(29)13-15-28-24(31)20-7-5-6-8-21(20)34(28,32)33/h5-12,17H,3-4,13-16H2,1-2H3,(H,26,30). The van der Waals surface area contributed by atoms with E-state index in [1.54, 1.807) is 19.1 Å². The highest BCUT2D eigenvalue weighted by Gasteiger charge is 2.41. The average Bonchev–Trinajstić information content (AvgIpc) is 3.02. The zero-order valence-electron chi connectivity index (χ0n) is 19.2. The lowest BCUT2D eigenvalue weighted by molar-refractivity contribution is -0.140. The second kappa shape index (κ2) is 11.1. The first-order valence-electron chi connectivity index (χ1n) is 11.1. The van der Waals surface area contributed by atoms with E-state index in [4.69, 9.17) is 0 Å². The Morgan fingerprint density at radius 3 is 2.44 bits per heavy atom. The third-order valence-corrected chi connectivity index (χ3v) is 8.07. The Labute approximate surface area is 208 Å². The fourth-order valence-electron chi connectivity index (χ4n) is 3.70. The summed E-state index contributed by atoms with van der Waals surface area (Å²) in [6, 6.07) is 12.6. The number of carbonyl (C=O) groups excluding carboxylic acids is 3. The van der Waals surface area contributed by atoms with E-state index in [1.165, 1.54) is 17.0 Å². The molecule has 1 unspecified atom stereocenters. The predicted octanol–water partition coefficient (Wildman–Crippen LogP) is 3.32. The van der Waals surface area contributed by atoms with E-state index in [9.17, 15) is 22.8 Å². The van der Waals surface area contributed by atoms with Crippen molar-refractivity contribution < 1.29 is 22.8 Å². The van der Waals surface area contributed by atoms with Crippen LogP contribution in [0, 0.1) is 0 Å². The van der Waals surface area contributed by atoms with Crippen LogP contribution in [0.15, 0.2) is 57.9 Å². The van der Waals surface area contributed by atoms with E-state index in [2.05, 4.69) is 21.2 Å². The number of nitrogens with zero attached hydrogens (tertiary/aromatic N) is 2. The van der Waals surface area contributed by atoms with Crippen molar-refractivity contribution in [2.75, 3.05) is 13.1 Å². The van der Waals surface area contributed by atoms with Gasteiger partial charge in [-0.15, -0.1) is 0 Å². The van der Waals surface area contributed by atoms with Crippen LogP contribution in [0.25, 0.3) is 0 Å². The van der Waals surface area contributed by atoms with Crippen LogP contribution in [0.1, 0.15) is 49.0 Å². The van der Waals surface area contributed by atoms with Gasteiger partial charge in [0, 0.05) is 30.5 Å². The molecule has 10 heteroatoms. The van der Waals surface area contributed by atoms with Gasteiger partial charge < -0.3 is 10.2 Å². The van der Waals surface area contributed by atoms with Crippen molar-refractivity contribution in [3.8, 4) is 0 Å². The largest absolute Gasteiger partial charge is 0.354 e. The van der Waals surface area contributed by atoms with Crippen LogP contribution in [0.2, 0.25) is 0 Å². The summed E-state index contributed by atoms with van der Waals surface area (Å²) in [4.78, 5) is 40.0. The highest BCUT2D eigenvalue weighted by Crippen LogP contribution is 2.30. The van der Waals surface area contributed by atoms with E-state index in [0.717, 1.165) is 27.2 Å². The smallest absolute Gasteiger partial charge is 0.269 e. The molecule has 0 aromatic heterocycles. The minimum Gasteiger partial charge on any atom is -0.354 e. The molecule has 8 nitrogen and oxygen atoms in total. The molecule has 182 valence electrons. The quantitative estimate of drug-likeness (QED) is 0.458. The van der Waals surface area contributed by atoms with Gasteiger partial charge in [0.1, 0.15) is 10.9 Å². The number of sulfonamides is 1. The van der Waals surface area contributed by atoms with Crippen LogP contribution >= 0.6 is 15.9 Å². The van der Waals surface area contributed by atoms with E-state index < -0.39 is 27.9 Å². The van der Waals surface area contributed by atoms with Gasteiger partial charge in [0.05, 0.1) is 5.56 Å². The van der Waals surface area contributed by atoms with Gasteiger partial charge in [0.15, 0.2) is 0 Å². The second-order valence-electron chi connectivity index (χ2n) is 8.10. The molecule has 0 spiro atoms. The van der Waals surface area contributed by atoms with Crippen molar-refractivity contribution in [2.45, 2.75) is 50.6 Å². The number of rotatable bonds is 10. The topological polar surface area (TPSA) is 104 Å². The fourth-order valence-corrected chi connectivity index (χ4v) is 5.53. The molecule has 0 aliphatic carbocycles. The second-order valence-corrected chi connectivity index (χ2v) is 10.8. The maximum Gasteiger partial charge on any atom is 0.269 e. The molecule has 1 aliphatic heterocycles. The average molecular weight is 550 g/mol. The summed E-state index contributed by atoms with van der Waals surface area (Å²) in [6.07, 6.45) is 1.52. The number of unbranched alkanes of at least 4 members (excludes halogenated alkanes) is 1. The first kappa shape index (κ1) is 25.9. The van der Waals surface area contributed by atoms with Crippen LogP contribution in [0.3, 0.4) is 0 Å². The van der Waals surface area contributed by atoms with Crippen molar-refractivity contribution in [3.05, 3.63) is 64.1 Å². The number of hydrogen-bond donors (Lipinski definition) is 1. The van der Waals surface area contributed by atoms with Gasteiger partial charge in [-0.3, -0.25) is 14.4 Å². The number of fused-ring (bicyclic) bond motifs is 1. The summed E-state index contributed by atoms with van der Waals surface area (Å²) in [7, 11) is -4.00. The summed E-state index contributed by atoms with van der Waals surface area (Å²) in [5.41, 5.74) is 0.923. The van der Waals surface area contributed by atoms with Gasteiger partial charge in [0.2, 0.25) is 11.8 Å². The Bertz CT molecular complexity index is 1170. The Balaban J connectivity index is 1.76. The van der Waals surface area contributed by atoms with Crippen molar-refractivity contribution in [1.29, 1.82) is 0 Å². The number of benzene rings is 2. The number of halogens is 1. The van der Waals surface area contributed by atoms with Crippen molar-refractivity contribution >= 4 is 43.7 Å². The zero-order valence-corrected chi connectivity index (χ0v) is 21.6. The molecule has 0 saturated heterocycles. The highest BCUT2D eigenvalue weighted by atomic mass is 79.9. The monoisotopic (exact) mass is 549 g/mol. The lowest BCUT2D eigenvalue weighted by Crippen LogP contribution is -2.48. The molecule has 1 N–H and O–H groups in total. The maximum absolute atomic E-state index is 13.2. The van der Waals surface area contributed by atoms with Gasteiger partial charge in [-0.2, -0.15) is 0 Å². The first-order valence-corrected chi connectivity index (χ1v) is 13.4. The zero-order chi connectivity index (χ0) is 24.9. The molecule has 1 aliphatic rings. The lowest BCUT2D eigenvalue weighted by Gasteiger charge is -2.29. The molecule has 1 atom stereocenters. The van der Waals surface area contributed by atoms with E-state index in [1.807, 2.05) is 31.2 Å². The highest BCUT2D eigenvalue weighted by molar-refractivity contribution is 9.10. The van der Waals surface area contributed by atoms with E-state index >= 15 is 0 Å². The Kier molecular flexibility index (Phi) is 8.48. The maximum atomic E-state index is 13.2. The molecule has 2 aromatic carbocycles. The molecule has 34 heavy (non-hydrogen) atoms. The van der Waals surface area contributed by atoms with Crippen molar-refractivity contribution in [3.63, 3.8) is 0 Å². The summed E-state index contributed by atoms with van der Waals surface area (Å²) in [5.74, 6) is -1.34. The van der Waals surface area contributed by atoms with Crippen LogP contribution in [0.5, 0.6) is 0 Å². The fraction of sp³-hybridized carbons (Fsp3) is 0.375. The number of nitrogens with one attached hydrogen (secondary N) is 1. The Morgan fingerprint density at radius 1 is 1.12 bits per heavy atom. The molecule has 2 aromatic rings. The Hall–Kier alpha value is -2.72. The van der Waals surface area contributed by atoms with Gasteiger partial charge >= 0.3 is 0 Å². The van der Waals surface area contributed by atoms with Crippen LogP contribution in [-0.2, 0) is 26.2 Å². The molecular formula is C24H28BrN3O5S. The Morgan fingerprint density at radius 2 is 1.79 bits per heavy atom. The van der Waals surface area contributed by atoms with Crippen LogP contribution < -0.4 is 5.32 Å². The molecule has 3 rings (SSSR count). The lowest BCUT2D eigenvalue weighted by atomic mass is 10.1. The van der Waals surface area contributed by atoms with E-state index in [0.29, 0.717) is 6.54 Å². The minimum atomic E-state index is -4.00. The van der Waals surface area contributed by atoms with Gasteiger partial charge in [-0.05, 0) is 43.2 Å². The van der Waals surface area contributed by atoms with Gasteiger partial charge in [0.25, 0.3) is 15.9 Å². The molecule has 0 bridgehead atoms. The molecule has 1 heterocycles. The minimum absolute atomic E-state index is 0.0529.